The van der Waals surface area contributed by atoms with E-state index in [0.29, 0.717) is 5.69 Å². The highest BCUT2D eigenvalue weighted by molar-refractivity contribution is 5.89. The lowest BCUT2D eigenvalue weighted by Crippen LogP contribution is -2.37. The van der Waals surface area contributed by atoms with Crippen LogP contribution in [-0.4, -0.2) is 37.1 Å². The number of carbonyl (C=O) groups excluding carboxylic acids is 1. The number of urea groups is 1. The molecule has 1 aromatic carbocycles. The zero-order chi connectivity index (χ0) is 14.2. The lowest BCUT2D eigenvalue weighted by atomic mass is 10.2. The number of anilines is 1. The van der Waals surface area contributed by atoms with Crippen molar-refractivity contribution in [3.63, 3.8) is 0 Å². The summed E-state index contributed by atoms with van der Waals surface area (Å²) >= 11 is 0. The first-order valence-corrected chi connectivity index (χ1v) is 7.28. The predicted octanol–water partition coefficient (Wildman–Crippen LogP) is 2.82. The maximum absolute atomic E-state index is 13.1. The average Bonchev–Trinajstić information content (AvgIpc) is 2.44. The fraction of sp³-hybridized carbons (Fsp3) is 0.533. The molecule has 110 valence electrons. The summed E-state index contributed by atoms with van der Waals surface area (Å²) in [5.41, 5.74) is 0.508. The molecule has 1 aliphatic heterocycles. The molecule has 1 aromatic rings. The molecule has 0 aliphatic carbocycles. The van der Waals surface area contributed by atoms with Crippen LogP contribution in [0.4, 0.5) is 14.9 Å². The molecule has 20 heavy (non-hydrogen) atoms. The summed E-state index contributed by atoms with van der Waals surface area (Å²) in [5.74, 6) is -0.338. The fourth-order valence-corrected chi connectivity index (χ4v) is 2.31. The van der Waals surface area contributed by atoms with Crippen LogP contribution in [0.2, 0.25) is 0 Å². The van der Waals surface area contributed by atoms with Crippen LogP contribution < -0.4 is 10.6 Å². The number of hydrogen-bond acceptors (Lipinski definition) is 2. The number of nitrogens with one attached hydrogen (secondary N) is 2. The summed E-state index contributed by atoms with van der Waals surface area (Å²) in [6, 6.07) is 5.87. The quantitative estimate of drug-likeness (QED) is 0.830. The summed E-state index contributed by atoms with van der Waals surface area (Å²) in [4.78, 5) is 14.0. The van der Waals surface area contributed by atoms with Gasteiger partial charge in [-0.3, -0.25) is 0 Å². The van der Waals surface area contributed by atoms with Gasteiger partial charge in [-0.15, -0.1) is 0 Å². The van der Waals surface area contributed by atoms with Crippen LogP contribution in [0.3, 0.4) is 0 Å². The minimum atomic E-state index is -0.338. The smallest absolute Gasteiger partial charge is 0.321 e. The van der Waals surface area contributed by atoms with Crippen molar-refractivity contribution in [3.05, 3.63) is 30.1 Å². The number of halogens is 1. The molecule has 0 bridgehead atoms. The molecule has 0 saturated carbocycles. The zero-order valence-corrected chi connectivity index (χ0v) is 11.7. The van der Waals surface area contributed by atoms with Gasteiger partial charge in [-0.25, -0.2) is 9.18 Å². The van der Waals surface area contributed by atoms with Crippen molar-refractivity contribution in [1.82, 2.24) is 10.2 Å². The number of benzene rings is 1. The van der Waals surface area contributed by atoms with Gasteiger partial charge in [0.25, 0.3) is 0 Å². The van der Waals surface area contributed by atoms with E-state index in [1.165, 1.54) is 12.1 Å². The maximum atomic E-state index is 13.1. The van der Waals surface area contributed by atoms with E-state index in [-0.39, 0.29) is 11.8 Å². The minimum absolute atomic E-state index is 0.135. The van der Waals surface area contributed by atoms with Crippen LogP contribution in [-0.2, 0) is 0 Å². The Morgan fingerprint density at radius 1 is 1.15 bits per heavy atom. The largest absolute Gasteiger partial charge is 0.325 e. The van der Waals surface area contributed by atoms with E-state index < -0.39 is 0 Å². The lowest BCUT2D eigenvalue weighted by Gasteiger charge is -2.24. The first-order chi connectivity index (χ1) is 9.75. The molecule has 1 heterocycles. The molecular weight excluding hydrogens is 257 g/mol. The number of amides is 2. The molecule has 5 heteroatoms. The van der Waals surface area contributed by atoms with Gasteiger partial charge in [0.15, 0.2) is 0 Å². The topological polar surface area (TPSA) is 44.4 Å². The third-order valence-corrected chi connectivity index (χ3v) is 3.43. The monoisotopic (exact) mass is 279 g/mol. The average molecular weight is 279 g/mol. The summed E-state index contributed by atoms with van der Waals surface area (Å²) < 4.78 is 13.1. The van der Waals surface area contributed by atoms with Crippen molar-refractivity contribution in [3.8, 4) is 0 Å². The Labute approximate surface area is 119 Å². The Morgan fingerprint density at radius 2 is 1.85 bits per heavy atom. The summed E-state index contributed by atoms with van der Waals surface area (Å²) in [5, 5.41) is 6.15. The van der Waals surface area contributed by atoms with Crippen LogP contribution in [0, 0.1) is 5.82 Å². The molecule has 0 aromatic heterocycles. The molecule has 0 radical (unpaired) electrons. The molecule has 2 rings (SSSR count). The molecule has 2 amide bonds. The molecule has 4 nitrogen and oxygen atoms in total. The van der Waals surface area contributed by atoms with E-state index in [1.54, 1.807) is 12.1 Å². The molecule has 2 N–H and O–H groups in total. The Balaban J connectivity index is 1.91. The zero-order valence-electron chi connectivity index (χ0n) is 11.7. The third kappa shape index (κ3) is 4.81. The van der Waals surface area contributed by atoms with Crippen molar-refractivity contribution >= 4 is 11.7 Å². The summed E-state index contributed by atoms with van der Waals surface area (Å²) in [6.45, 7) is 3.53. The van der Waals surface area contributed by atoms with Gasteiger partial charge in [0.2, 0.25) is 0 Å². The van der Waals surface area contributed by atoms with E-state index in [1.807, 2.05) is 4.90 Å². The van der Waals surface area contributed by atoms with Crippen LogP contribution in [0.5, 0.6) is 0 Å². The second-order valence-electron chi connectivity index (χ2n) is 5.09. The molecule has 1 saturated heterocycles. The SMILES string of the molecule is O=C(Nc1cccc(F)c1)N1CCCCNCCCC1. The van der Waals surface area contributed by atoms with Crippen molar-refractivity contribution in [1.29, 1.82) is 0 Å². The minimum Gasteiger partial charge on any atom is -0.325 e. The second-order valence-corrected chi connectivity index (χ2v) is 5.09. The molecular formula is C15H22FN3O. The van der Waals surface area contributed by atoms with Crippen LogP contribution in [0.15, 0.2) is 24.3 Å². The van der Waals surface area contributed by atoms with E-state index in [4.69, 9.17) is 0 Å². The number of carbonyl (C=O) groups is 1. The van der Waals surface area contributed by atoms with Gasteiger partial charge in [-0.05, 0) is 57.0 Å². The van der Waals surface area contributed by atoms with Crippen molar-refractivity contribution in [2.45, 2.75) is 25.7 Å². The standard InChI is InChI=1S/C15H22FN3O/c16-13-6-5-7-14(12-13)18-15(20)19-10-3-1-8-17-9-2-4-11-19/h5-7,12,17H,1-4,8-11H2,(H,18,20). The fourth-order valence-electron chi connectivity index (χ4n) is 2.31. The number of hydrogen-bond donors (Lipinski definition) is 2. The normalized spacial score (nSPS) is 17.6. The maximum Gasteiger partial charge on any atom is 0.321 e. The second kappa shape index (κ2) is 7.85. The van der Waals surface area contributed by atoms with Gasteiger partial charge in [0, 0.05) is 18.8 Å². The van der Waals surface area contributed by atoms with Gasteiger partial charge in [0.05, 0.1) is 0 Å². The van der Waals surface area contributed by atoms with Crippen molar-refractivity contribution in [2.24, 2.45) is 0 Å². The Kier molecular flexibility index (Phi) is 5.80. The highest BCUT2D eigenvalue weighted by Gasteiger charge is 2.13. The van der Waals surface area contributed by atoms with Gasteiger partial charge in [0.1, 0.15) is 5.82 Å². The number of nitrogens with zero attached hydrogens (tertiary/aromatic N) is 1. The first-order valence-electron chi connectivity index (χ1n) is 7.28. The van der Waals surface area contributed by atoms with Gasteiger partial charge < -0.3 is 15.5 Å². The van der Waals surface area contributed by atoms with Crippen LogP contribution >= 0.6 is 0 Å². The van der Waals surface area contributed by atoms with E-state index in [0.717, 1.165) is 51.9 Å². The van der Waals surface area contributed by atoms with E-state index in [2.05, 4.69) is 10.6 Å². The summed E-state index contributed by atoms with van der Waals surface area (Å²) in [6.07, 6.45) is 4.13. The van der Waals surface area contributed by atoms with Crippen molar-refractivity contribution in [2.75, 3.05) is 31.5 Å². The lowest BCUT2D eigenvalue weighted by molar-refractivity contribution is 0.208. The molecule has 1 aliphatic rings. The van der Waals surface area contributed by atoms with Crippen LogP contribution in [0.25, 0.3) is 0 Å². The molecule has 0 unspecified atom stereocenters. The van der Waals surface area contributed by atoms with Gasteiger partial charge >= 0.3 is 6.03 Å². The molecule has 1 fully saturated rings. The van der Waals surface area contributed by atoms with Gasteiger partial charge in [-0.2, -0.15) is 0 Å². The van der Waals surface area contributed by atoms with E-state index >= 15 is 0 Å². The number of rotatable bonds is 1. The Morgan fingerprint density at radius 3 is 2.50 bits per heavy atom. The first kappa shape index (κ1) is 14.8. The summed E-state index contributed by atoms with van der Waals surface area (Å²) in [7, 11) is 0. The Bertz CT molecular complexity index is 429. The van der Waals surface area contributed by atoms with Crippen LogP contribution in [0.1, 0.15) is 25.7 Å². The third-order valence-electron chi connectivity index (χ3n) is 3.43. The van der Waals surface area contributed by atoms with Crippen molar-refractivity contribution < 1.29 is 9.18 Å². The van der Waals surface area contributed by atoms with Gasteiger partial charge in [-0.1, -0.05) is 6.07 Å². The predicted molar refractivity (Wildman–Crippen MR) is 78.3 cm³/mol. The highest BCUT2D eigenvalue weighted by Crippen LogP contribution is 2.11. The molecule has 0 atom stereocenters. The van der Waals surface area contributed by atoms with E-state index in [9.17, 15) is 9.18 Å². The Hall–Kier alpha value is -1.62. The molecule has 0 spiro atoms. The highest BCUT2D eigenvalue weighted by atomic mass is 19.1.